The lowest BCUT2D eigenvalue weighted by molar-refractivity contribution is -0.0114. The number of aliphatic hydroxyl groups excluding tert-OH is 1. The number of rotatable bonds is 4. The summed E-state index contributed by atoms with van der Waals surface area (Å²) in [6.07, 6.45) is 0.605. The van der Waals surface area contributed by atoms with Crippen molar-refractivity contribution >= 4 is 0 Å². The fourth-order valence-electron chi connectivity index (χ4n) is 1.44. The Bertz CT molecular complexity index is 149. The minimum Gasteiger partial charge on any atom is -0.392 e. The van der Waals surface area contributed by atoms with Crippen LogP contribution in [0.4, 0.5) is 0 Å². The highest BCUT2D eigenvalue weighted by atomic mass is 16.5. The third-order valence-electron chi connectivity index (χ3n) is 2.13. The molecule has 1 fully saturated rings. The molecule has 0 aromatic heterocycles. The summed E-state index contributed by atoms with van der Waals surface area (Å²) >= 11 is 0. The number of ether oxygens (including phenoxy) is 1. The van der Waals surface area contributed by atoms with Crippen LogP contribution in [-0.4, -0.2) is 37.0 Å². The van der Waals surface area contributed by atoms with Crippen LogP contribution in [0.2, 0.25) is 0 Å². The molecule has 0 bridgehead atoms. The normalized spacial score (nSPS) is 21.2. The Labute approximate surface area is 80.5 Å². The molecule has 0 aromatic rings. The van der Waals surface area contributed by atoms with Gasteiger partial charge in [-0.1, -0.05) is 20.8 Å². The maximum atomic E-state index is 9.65. The zero-order valence-corrected chi connectivity index (χ0v) is 8.84. The molecule has 1 rings (SSSR count). The van der Waals surface area contributed by atoms with E-state index in [9.17, 15) is 5.11 Å². The van der Waals surface area contributed by atoms with E-state index < -0.39 is 0 Å². The van der Waals surface area contributed by atoms with Crippen molar-refractivity contribution in [3.8, 4) is 0 Å². The molecule has 0 radical (unpaired) electrons. The standard InChI is InChI=1S/C10H21NO2/c1-10(2,3)4-9(12)5-11-8-6-13-7-8/h8-9,11-12H,4-7H2,1-3H3. The van der Waals surface area contributed by atoms with E-state index in [1.54, 1.807) is 0 Å². The van der Waals surface area contributed by atoms with Crippen LogP contribution in [0.1, 0.15) is 27.2 Å². The Balaban J connectivity index is 2.06. The Hall–Kier alpha value is -0.120. The molecule has 0 aromatic carbocycles. The van der Waals surface area contributed by atoms with Crippen molar-refractivity contribution in [2.24, 2.45) is 5.41 Å². The van der Waals surface area contributed by atoms with E-state index in [-0.39, 0.29) is 11.5 Å². The van der Waals surface area contributed by atoms with Gasteiger partial charge in [0.2, 0.25) is 0 Å². The van der Waals surface area contributed by atoms with Crippen LogP contribution in [0.3, 0.4) is 0 Å². The third-order valence-corrected chi connectivity index (χ3v) is 2.13. The molecule has 2 N–H and O–H groups in total. The van der Waals surface area contributed by atoms with E-state index in [0.717, 1.165) is 19.6 Å². The fraction of sp³-hybridized carbons (Fsp3) is 1.00. The van der Waals surface area contributed by atoms with Gasteiger partial charge >= 0.3 is 0 Å². The van der Waals surface area contributed by atoms with Gasteiger partial charge in [-0.2, -0.15) is 0 Å². The quantitative estimate of drug-likeness (QED) is 0.683. The molecular weight excluding hydrogens is 166 g/mol. The molecule has 13 heavy (non-hydrogen) atoms. The average Bonchev–Trinajstić information content (AvgIpc) is 1.78. The fourth-order valence-corrected chi connectivity index (χ4v) is 1.44. The molecule has 0 amide bonds. The Morgan fingerprint density at radius 3 is 2.46 bits per heavy atom. The highest BCUT2D eigenvalue weighted by molar-refractivity contribution is 4.76. The summed E-state index contributed by atoms with van der Waals surface area (Å²) in [5, 5.41) is 12.9. The molecule has 0 saturated carbocycles. The van der Waals surface area contributed by atoms with Gasteiger partial charge in [0.15, 0.2) is 0 Å². The van der Waals surface area contributed by atoms with Crippen molar-refractivity contribution in [1.82, 2.24) is 5.32 Å². The summed E-state index contributed by atoms with van der Waals surface area (Å²) in [6, 6.07) is 0.467. The summed E-state index contributed by atoms with van der Waals surface area (Å²) in [5.74, 6) is 0. The van der Waals surface area contributed by atoms with Crippen molar-refractivity contribution in [2.45, 2.75) is 39.3 Å². The summed E-state index contributed by atoms with van der Waals surface area (Å²) in [6.45, 7) is 8.70. The van der Waals surface area contributed by atoms with Crippen LogP contribution in [0.5, 0.6) is 0 Å². The molecule has 3 heteroatoms. The lowest BCUT2D eigenvalue weighted by atomic mass is 9.89. The molecule has 0 spiro atoms. The number of aliphatic hydroxyl groups is 1. The van der Waals surface area contributed by atoms with E-state index in [1.807, 2.05) is 0 Å². The highest BCUT2D eigenvalue weighted by Crippen LogP contribution is 2.20. The van der Waals surface area contributed by atoms with E-state index in [1.165, 1.54) is 0 Å². The number of hydrogen-bond donors (Lipinski definition) is 2. The lowest BCUT2D eigenvalue weighted by Crippen LogP contribution is -2.48. The molecule has 1 saturated heterocycles. The van der Waals surface area contributed by atoms with Gasteiger partial charge in [0, 0.05) is 6.54 Å². The first-order valence-electron chi connectivity index (χ1n) is 4.96. The lowest BCUT2D eigenvalue weighted by Gasteiger charge is -2.29. The Kier molecular flexibility index (Phi) is 3.71. The predicted octanol–water partition coefficient (Wildman–Crippen LogP) is 0.772. The van der Waals surface area contributed by atoms with Crippen molar-refractivity contribution < 1.29 is 9.84 Å². The zero-order chi connectivity index (χ0) is 9.90. The monoisotopic (exact) mass is 187 g/mol. The van der Waals surface area contributed by atoms with Crippen LogP contribution in [0, 0.1) is 5.41 Å². The second-order valence-corrected chi connectivity index (χ2v) is 5.06. The molecule has 1 aliphatic rings. The first-order valence-corrected chi connectivity index (χ1v) is 4.96. The molecular formula is C10H21NO2. The molecule has 1 aliphatic heterocycles. The second kappa shape index (κ2) is 4.40. The molecule has 1 unspecified atom stereocenters. The molecule has 1 atom stereocenters. The third kappa shape index (κ3) is 4.60. The molecule has 3 nitrogen and oxygen atoms in total. The predicted molar refractivity (Wildman–Crippen MR) is 52.7 cm³/mol. The van der Waals surface area contributed by atoms with Crippen molar-refractivity contribution in [1.29, 1.82) is 0 Å². The van der Waals surface area contributed by atoms with Gasteiger partial charge in [0.25, 0.3) is 0 Å². The van der Waals surface area contributed by atoms with E-state index in [0.29, 0.717) is 12.6 Å². The summed E-state index contributed by atoms with van der Waals surface area (Å²) in [5.41, 5.74) is 0.206. The largest absolute Gasteiger partial charge is 0.392 e. The van der Waals surface area contributed by atoms with Crippen LogP contribution in [0.15, 0.2) is 0 Å². The minimum absolute atomic E-state index is 0.206. The molecule has 78 valence electrons. The number of hydrogen-bond acceptors (Lipinski definition) is 3. The van der Waals surface area contributed by atoms with Gasteiger partial charge in [-0.25, -0.2) is 0 Å². The van der Waals surface area contributed by atoms with Crippen LogP contribution in [-0.2, 0) is 4.74 Å². The van der Waals surface area contributed by atoms with Gasteiger partial charge in [0.1, 0.15) is 0 Å². The smallest absolute Gasteiger partial charge is 0.0669 e. The zero-order valence-electron chi connectivity index (χ0n) is 8.84. The average molecular weight is 187 g/mol. The highest BCUT2D eigenvalue weighted by Gasteiger charge is 2.21. The first-order chi connectivity index (χ1) is 5.97. The summed E-state index contributed by atoms with van der Waals surface area (Å²) in [4.78, 5) is 0. The Morgan fingerprint density at radius 1 is 1.46 bits per heavy atom. The van der Waals surface area contributed by atoms with Crippen molar-refractivity contribution in [3.05, 3.63) is 0 Å². The second-order valence-electron chi connectivity index (χ2n) is 5.06. The topological polar surface area (TPSA) is 41.5 Å². The van der Waals surface area contributed by atoms with Gasteiger partial charge in [-0.05, 0) is 11.8 Å². The van der Waals surface area contributed by atoms with Gasteiger partial charge in [-0.15, -0.1) is 0 Å². The van der Waals surface area contributed by atoms with Crippen molar-refractivity contribution in [2.75, 3.05) is 19.8 Å². The van der Waals surface area contributed by atoms with E-state index >= 15 is 0 Å². The molecule has 0 aliphatic carbocycles. The maximum absolute atomic E-state index is 9.65. The van der Waals surface area contributed by atoms with Crippen molar-refractivity contribution in [3.63, 3.8) is 0 Å². The van der Waals surface area contributed by atoms with Gasteiger partial charge < -0.3 is 15.2 Å². The van der Waals surface area contributed by atoms with Gasteiger partial charge in [0.05, 0.1) is 25.4 Å². The van der Waals surface area contributed by atoms with Gasteiger partial charge in [-0.3, -0.25) is 0 Å². The van der Waals surface area contributed by atoms with Crippen LogP contribution < -0.4 is 5.32 Å². The summed E-state index contributed by atoms with van der Waals surface area (Å²) < 4.78 is 5.02. The van der Waals surface area contributed by atoms with E-state index in [4.69, 9.17) is 4.74 Å². The van der Waals surface area contributed by atoms with Crippen LogP contribution in [0.25, 0.3) is 0 Å². The maximum Gasteiger partial charge on any atom is 0.0669 e. The summed E-state index contributed by atoms with van der Waals surface area (Å²) in [7, 11) is 0. The molecule has 1 heterocycles. The first kappa shape index (κ1) is 11.0. The number of nitrogens with one attached hydrogen (secondary N) is 1. The Morgan fingerprint density at radius 2 is 2.08 bits per heavy atom. The minimum atomic E-state index is -0.236. The van der Waals surface area contributed by atoms with E-state index in [2.05, 4.69) is 26.1 Å². The van der Waals surface area contributed by atoms with Crippen LogP contribution >= 0.6 is 0 Å². The SMILES string of the molecule is CC(C)(C)CC(O)CNC1COC1.